The molecule has 0 aliphatic carbocycles. The number of benzene rings is 1. The number of fused-ring (bicyclic) bond motifs is 1. The number of halogens is 1. The van der Waals surface area contributed by atoms with Crippen LogP contribution in [0.3, 0.4) is 0 Å². The highest BCUT2D eigenvalue weighted by molar-refractivity contribution is 9.10. The average Bonchev–Trinajstić information content (AvgIpc) is 2.68. The molecule has 0 aliphatic heterocycles. The van der Waals surface area contributed by atoms with E-state index in [0.29, 0.717) is 0 Å². The van der Waals surface area contributed by atoms with E-state index < -0.39 is 0 Å². The predicted octanol–water partition coefficient (Wildman–Crippen LogP) is 3.71. The normalized spacial score (nSPS) is 11.1. The summed E-state index contributed by atoms with van der Waals surface area (Å²) in [5.41, 5.74) is 3.16. The van der Waals surface area contributed by atoms with Crippen molar-refractivity contribution in [3.05, 3.63) is 46.8 Å². The summed E-state index contributed by atoms with van der Waals surface area (Å²) >= 11 is 3.40. The van der Waals surface area contributed by atoms with Crippen molar-refractivity contribution in [2.45, 2.75) is 6.92 Å². The number of pyridine rings is 1. The maximum absolute atomic E-state index is 4.50. The Morgan fingerprint density at radius 3 is 2.67 bits per heavy atom. The van der Waals surface area contributed by atoms with Crippen LogP contribution in [0, 0.1) is 6.92 Å². The summed E-state index contributed by atoms with van der Waals surface area (Å²) in [6.45, 7) is 2.00. The summed E-state index contributed by atoms with van der Waals surface area (Å²) in [6.07, 6.45) is 1.95. The fourth-order valence-corrected chi connectivity index (χ4v) is 2.54. The zero-order chi connectivity index (χ0) is 12.7. The summed E-state index contributed by atoms with van der Waals surface area (Å²) in [5, 5.41) is 1.14. The predicted molar refractivity (Wildman–Crippen MR) is 76.4 cm³/mol. The number of rotatable bonds is 1. The van der Waals surface area contributed by atoms with Crippen molar-refractivity contribution >= 4 is 26.8 Å². The Balaban J connectivity index is 2.19. The Hall–Kier alpha value is -1.68. The van der Waals surface area contributed by atoms with Crippen molar-refractivity contribution < 1.29 is 0 Å². The maximum Gasteiger partial charge on any atom is 0.141 e. The standard InChI is InChI=1S/C14H12BrN3/c1-9-3-4-10-7-11(5-6-12(10)16-9)14-17-13(15)8-18(14)2/h3-8H,1-2H3. The third kappa shape index (κ3) is 1.93. The minimum absolute atomic E-state index is 0.849. The smallest absolute Gasteiger partial charge is 0.141 e. The van der Waals surface area contributed by atoms with Crippen molar-refractivity contribution in [3.63, 3.8) is 0 Å². The second-order valence-corrected chi connectivity index (χ2v) is 5.17. The van der Waals surface area contributed by atoms with Gasteiger partial charge in [-0.1, -0.05) is 6.07 Å². The number of aryl methyl sites for hydroxylation is 2. The molecule has 0 fully saturated rings. The number of nitrogens with zero attached hydrogens (tertiary/aromatic N) is 3. The van der Waals surface area contributed by atoms with Gasteiger partial charge in [0, 0.05) is 29.9 Å². The quantitative estimate of drug-likeness (QED) is 0.686. The molecule has 0 aliphatic rings. The zero-order valence-corrected chi connectivity index (χ0v) is 11.8. The second kappa shape index (κ2) is 4.21. The van der Waals surface area contributed by atoms with Gasteiger partial charge < -0.3 is 4.57 Å². The third-order valence-corrected chi connectivity index (χ3v) is 3.32. The van der Waals surface area contributed by atoms with Crippen LogP contribution in [0.4, 0.5) is 0 Å². The van der Waals surface area contributed by atoms with Gasteiger partial charge in [-0.2, -0.15) is 0 Å². The second-order valence-electron chi connectivity index (χ2n) is 4.36. The molecule has 1 aromatic carbocycles. The van der Waals surface area contributed by atoms with Gasteiger partial charge in [-0.15, -0.1) is 0 Å². The molecule has 0 saturated heterocycles. The van der Waals surface area contributed by atoms with Crippen LogP contribution < -0.4 is 0 Å². The van der Waals surface area contributed by atoms with Gasteiger partial charge in [0.1, 0.15) is 10.4 Å². The van der Waals surface area contributed by atoms with Crippen molar-refractivity contribution in [2.75, 3.05) is 0 Å². The van der Waals surface area contributed by atoms with Crippen LogP contribution >= 0.6 is 15.9 Å². The first kappa shape index (κ1) is 11.4. The Morgan fingerprint density at radius 2 is 1.94 bits per heavy atom. The topological polar surface area (TPSA) is 30.7 Å². The largest absolute Gasteiger partial charge is 0.333 e. The number of imidazole rings is 1. The van der Waals surface area contributed by atoms with Crippen molar-refractivity contribution in [1.29, 1.82) is 0 Å². The van der Waals surface area contributed by atoms with Gasteiger partial charge in [-0.05, 0) is 47.1 Å². The minimum atomic E-state index is 0.849. The van der Waals surface area contributed by atoms with E-state index in [1.54, 1.807) is 0 Å². The number of hydrogen-bond donors (Lipinski definition) is 0. The summed E-state index contributed by atoms with van der Waals surface area (Å²) in [4.78, 5) is 8.97. The molecule has 3 rings (SSSR count). The summed E-state index contributed by atoms with van der Waals surface area (Å²) < 4.78 is 2.86. The van der Waals surface area contributed by atoms with Crippen LogP contribution in [-0.4, -0.2) is 14.5 Å². The highest BCUT2D eigenvalue weighted by Gasteiger charge is 2.07. The van der Waals surface area contributed by atoms with Crippen LogP contribution in [-0.2, 0) is 7.05 Å². The fraction of sp³-hybridized carbons (Fsp3) is 0.143. The first-order chi connectivity index (χ1) is 8.63. The average molecular weight is 302 g/mol. The monoisotopic (exact) mass is 301 g/mol. The van der Waals surface area contributed by atoms with E-state index in [9.17, 15) is 0 Å². The van der Waals surface area contributed by atoms with Crippen molar-refractivity contribution in [3.8, 4) is 11.4 Å². The van der Waals surface area contributed by atoms with Crippen LogP contribution in [0.1, 0.15) is 5.69 Å². The first-order valence-corrected chi connectivity index (χ1v) is 6.49. The molecule has 0 amide bonds. The lowest BCUT2D eigenvalue weighted by Crippen LogP contribution is -1.91. The SMILES string of the molecule is Cc1ccc2cc(-c3nc(Br)cn3C)ccc2n1. The molecule has 2 heterocycles. The first-order valence-electron chi connectivity index (χ1n) is 5.70. The van der Waals surface area contributed by atoms with Gasteiger partial charge in [0.05, 0.1) is 5.52 Å². The molecule has 0 saturated carbocycles. The van der Waals surface area contributed by atoms with E-state index in [4.69, 9.17) is 0 Å². The Bertz CT molecular complexity index is 731. The Morgan fingerprint density at radius 1 is 1.11 bits per heavy atom. The van der Waals surface area contributed by atoms with Gasteiger partial charge in [-0.25, -0.2) is 4.98 Å². The van der Waals surface area contributed by atoms with E-state index in [0.717, 1.165) is 32.6 Å². The third-order valence-electron chi connectivity index (χ3n) is 2.93. The molecule has 0 atom stereocenters. The fourth-order valence-electron chi connectivity index (χ4n) is 2.06. The molecule has 0 bridgehead atoms. The molecule has 3 nitrogen and oxygen atoms in total. The van der Waals surface area contributed by atoms with E-state index in [-0.39, 0.29) is 0 Å². The molecule has 0 radical (unpaired) electrons. The molecule has 0 unspecified atom stereocenters. The molecule has 0 N–H and O–H groups in total. The van der Waals surface area contributed by atoms with Gasteiger partial charge in [0.25, 0.3) is 0 Å². The van der Waals surface area contributed by atoms with Crippen LogP contribution in [0.2, 0.25) is 0 Å². The molecule has 18 heavy (non-hydrogen) atoms. The summed E-state index contributed by atoms with van der Waals surface area (Å²) in [5.74, 6) is 0.948. The number of aromatic nitrogens is 3. The van der Waals surface area contributed by atoms with Gasteiger partial charge in [0.2, 0.25) is 0 Å². The van der Waals surface area contributed by atoms with Crippen molar-refractivity contribution in [1.82, 2.24) is 14.5 Å². The molecule has 90 valence electrons. The molecular formula is C14H12BrN3. The summed E-state index contributed by atoms with van der Waals surface area (Å²) in [7, 11) is 1.99. The number of hydrogen-bond acceptors (Lipinski definition) is 2. The van der Waals surface area contributed by atoms with E-state index >= 15 is 0 Å². The Kier molecular flexibility index (Phi) is 2.67. The zero-order valence-electron chi connectivity index (χ0n) is 10.2. The van der Waals surface area contributed by atoms with E-state index in [1.807, 2.05) is 36.9 Å². The molecular weight excluding hydrogens is 290 g/mol. The Labute approximate surface area is 114 Å². The molecule has 2 aromatic heterocycles. The maximum atomic E-state index is 4.50. The lowest BCUT2D eigenvalue weighted by Gasteiger charge is -2.04. The molecule has 3 aromatic rings. The highest BCUT2D eigenvalue weighted by Crippen LogP contribution is 2.24. The highest BCUT2D eigenvalue weighted by atomic mass is 79.9. The van der Waals surface area contributed by atoms with Gasteiger partial charge in [0.15, 0.2) is 0 Å². The van der Waals surface area contributed by atoms with Gasteiger partial charge >= 0.3 is 0 Å². The summed E-state index contributed by atoms with van der Waals surface area (Å²) in [6, 6.07) is 10.3. The minimum Gasteiger partial charge on any atom is -0.333 e. The lowest BCUT2D eigenvalue weighted by molar-refractivity contribution is 0.925. The molecule has 4 heteroatoms. The van der Waals surface area contributed by atoms with Crippen LogP contribution in [0.15, 0.2) is 41.1 Å². The van der Waals surface area contributed by atoms with E-state index in [2.05, 4.69) is 44.1 Å². The van der Waals surface area contributed by atoms with Crippen LogP contribution in [0.25, 0.3) is 22.3 Å². The lowest BCUT2D eigenvalue weighted by atomic mass is 10.1. The van der Waals surface area contributed by atoms with Crippen LogP contribution in [0.5, 0.6) is 0 Å². The van der Waals surface area contributed by atoms with E-state index in [1.165, 1.54) is 0 Å². The van der Waals surface area contributed by atoms with Crippen molar-refractivity contribution in [2.24, 2.45) is 7.05 Å². The molecule has 0 spiro atoms. The van der Waals surface area contributed by atoms with Gasteiger partial charge in [-0.3, -0.25) is 4.98 Å².